The molecule has 1 amide bonds. The summed E-state index contributed by atoms with van der Waals surface area (Å²) in [4.78, 5) is 16.8. The third kappa shape index (κ3) is 6.13. The molecule has 0 radical (unpaired) electrons. The minimum atomic E-state index is 0.147. The van der Waals surface area contributed by atoms with Crippen molar-refractivity contribution in [2.24, 2.45) is 0 Å². The van der Waals surface area contributed by atoms with Crippen molar-refractivity contribution in [3.05, 3.63) is 66.2 Å². The molecule has 0 aromatic heterocycles. The molecule has 0 saturated carbocycles. The van der Waals surface area contributed by atoms with Crippen LogP contribution in [0, 0.1) is 0 Å². The normalized spacial score (nSPS) is 15.0. The minimum Gasteiger partial charge on any atom is -0.494 e. The van der Waals surface area contributed by atoms with Crippen LogP contribution in [0.5, 0.6) is 5.75 Å². The number of carbonyl (C=O) groups is 1. The Kier molecular flexibility index (Phi) is 7.50. The van der Waals surface area contributed by atoms with Gasteiger partial charge in [-0.15, -0.1) is 0 Å². The molecule has 1 heterocycles. The SMILES string of the molecule is CCOc1ccc(NCC(=O)N2CCN(C/C=C/c3ccccc3)CC2)cc1. The molecule has 3 rings (SSSR count). The second-order valence-electron chi connectivity index (χ2n) is 6.81. The maximum atomic E-state index is 12.5. The molecule has 0 unspecified atom stereocenters. The summed E-state index contributed by atoms with van der Waals surface area (Å²) in [6.45, 7) is 7.24. The third-order valence-electron chi connectivity index (χ3n) is 4.81. The fourth-order valence-corrected chi connectivity index (χ4v) is 3.21. The molecule has 1 aliphatic rings. The number of amides is 1. The molecule has 5 heteroatoms. The summed E-state index contributed by atoms with van der Waals surface area (Å²) in [5.74, 6) is 0.991. The maximum Gasteiger partial charge on any atom is 0.241 e. The lowest BCUT2D eigenvalue weighted by atomic mass is 10.2. The van der Waals surface area contributed by atoms with Gasteiger partial charge in [0.25, 0.3) is 0 Å². The summed E-state index contributed by atoms with van der Waals surface area (Å²) < 4.78 is 5.43. The molecule has 2 aromatic rings. The monoisotopic (exact) mass is 379 g/mol. The van der Waals surface area contributed by atoms with Crippen LogP contribution in [0.2, 0.25) is 0 Å². The van der Waals surface area contributed by atoms with Crippen molar-refractivity contribution in [2.45, 2.75) is 6.92 Å². The number of nitrogens with zero attached hydrogens (tertiary/aromatic N) is 2. The number of anilines is 1. The highest BCUT2D eigenvalue weighted by molar-refractivity contribution is 5.81. The van der Waals surface area contributed by atoms with E-state index in [1.54, 1.807) is 0 Å². The van der Waals surface area contributed by atoms with Crippen LogP contribution in [0.3, 0.4) is 0 Å². The largest absolute Gasteiger partial charge is 0.494 e. The number of hydrogen-bond donors (Lipinski definition) is 1. The Morgan fingerprint density at radius 1 is 1.04 bits per heavy atom. The number of benzene rings is 2. The lowest BCUT2D eigenvalue weighted by Crippen LogP contribution is -2.50. The summed E-state index contributed by atoms with van der Waals surface area (Å²) in [6, 6.07) is 18.0. The van der Waals surface area contributed by atoms with E-state index >= 15 is 0 Å². The van der Waals surface area contributed by atoms with Crippen LogP contribution in [-0.4, -0.2) is 61.6 Å². The predicted molar refractivity (Wildman–Crippen MR) is 115 cm³/mol. The molecule has 1 N–H and O–H groups in total. The van der Waals surface area contributed by atoms with E-state index in [1.165, 1.54) is 5.56 Å². The topological polar surface area (TPSA) is 44.8 Å². The quantitative estimate of drug-likeness (QED) is 0.764. The summed E-state index contributed by atoms with van der Waals surface area (Å²) >= 11 is 0. The summed E-state index contributed by atoms with van der Waals surface area (Å²) in [7, 11) is 0. The van der Waals surface area contributed by atoms with Crippen molar-refractivity contribution >= 4 is 17.7 Å². The zero-order valence-electron chi connectivity index (χ0n) is 16.5. The van der Waals surface area contributed by atoms with Gasteiger partial charge in [-0.3, -0.25) is 9.69 Å². The molecular formula is C23H29N3O2. The lowest BCUT2D eigenvalue weighted by molar-refractivity contribution is -0.130. The molecule has 0 bridgehead atoms. The Morgan fingerprint density at radius 2 is 1.75 bits per heavy atom. The zero-order valence-corrected chi connectivity index (χ0v) is 16.5. The first-order valence-corrected chi connectivity index (χ1v) is 9.93. The van der Waals surface area contributed by atoms with Crippen molar-refractivity contribution in [1.82, 2.24) is 9.80 Å². The number of ether oxygens (including phenoxy) is 1. The van der Waals surface area contributed by atoms with Crippen molar-refractivity contribution in [2.75, 3.05) is 51.2 Å². The Morgan fingerprint density at radius 3 is 2.43 bits per heavy atom. The minimum absolute atomic E-state index is 0.147. The molecule has 28 heavy (non-hydrogen) atoms. The van der Waals surface area contributed by atoms with Gasteiger partial charge in [0.2, 0.25) is 5.91 Å². The number of rotatable bonds is 8. The number of hydrogen-bond acceptors (Lipinski definition) is 4. The van der Waals surface area contributed by atoms with E-state index in [1.807, 2.05) is 54.3 Å². The molecule has 0 aliphatic carbocycles. The van der Waals surface area contributed by atoms with Gasteiger partial charge < -0.3 is 15.0 Å². The highest BCUT2D eigenvalue weighted by Crippen LogP contribution is 2.15. The Bertz CT molecular complexity index is 751. The summed E-state index contributed by atoms with van der Waals surface area (Å²) in [5.41, 5.74) is 2.15. The number of piperazine rings is 1. The molecule has 1 fully saturated rings. The first-order valence-electron chi connectivity index (χ1n) is 9.93. The van der Waals surface area contributed by atoms with Crippen LogP contribution in [0.25, 0.3) is 6.08 Å². The fourth-order valence-electron chi connectivity index (χ4n) is 3.21. The predicted octanol–water partition coefficient (Wildman–Crippen LogP) is 3.35. The average Bonchev–Trinajstić information content (AvgIpc) is 2.74. The van der Waals surface area contributed by atoms with E-state index in [0.29, 0.717) is 13.2 Å². The van der Waals surface area contributed by atoms with Crippen LogP contribution >= 0.6 is 0 Å². The number of carbonyl (C=O) groups excluding carboxylic acids is 1. The molecule has 1 aliphatic heterocycles. The van der Waals surface area contributed by atoms with E-state index < -0.39 is 0 Å². The van der Waals surface area contributed by atoms with Crippen LogP contribution in [0.4, 0.5) is 5.69 Å². The second-order valence-corrected chi connectivity index (χ2v) is 6.81. The van der Waals surface area contributed by atoms with E-state index in [-0.39, 0.29) is 5.91 Å². The standard InChI is InChI=1S/C23H29N3O2/c1-2-28-22-12-10-21(11-13-22)24-19-23(27)26-17-15-25(16-18-26)14-6-9-20-7-4-3-5-8-20/h3-13,24H,2,14-19H2,1H3/b9-6+. The van der Waals surface area contributed by atoms with Gasteiger partial charge in [-0.2, -0.15) is 0 Å². The Labute approximate surface area is 167 Å². The van der Waals surface area contributed by atoms with E-state index in [2.05, 4.69) is 34.5 Å². The summed E-state index contributed by atoms with van der Waals surface area (Å²) in [5, 5.41) is 3.20. The third-order valence-corrected chi connectivity index (χ3v) is 4.81. The van der Waals surface area contributed by atoms with Crippen LogP contribution in [0.1, 0.15) is 12.5 Å². The van der Waals surface area contributed by atoms with Gasteiger partial charge in [-0.1, -0.05) is 42.5 Å². The van der Waals surface area contributed by atoms with Crippen molar-refractivity contribution < 1.29 is 9.53 Å². The van der Waals surface area contributed by atoms with Crippen molar-refractivity contribution in [3.63, 3.8) is 0 Å². The van der Waals surface area contributed by atoms with Crippen LogP contribution in [-0.2, 0) is 4.79 Å². The molecule has 5 nitrogen and oxygen atoms in total. The smallest absolute Gasteiger partial charge is 0.241 e. The summed E-state index contributed by atoms with van der Waals surface area (Å²) in [6.07, 6.45) is 4.35. The molecule has 148 valence electrons. The zero-order chi connectivity index (χ0) is 19.6. The Hall–Kier alpha value is -2.79. The van der Waals surface area contributed by atoms with Gasteiger partial charge in [0.1, 0.15) is 5.75 Å². The van der Waals surface area contributed by atoms with Crippen molar-refractivity contribution in [1.29, 1.82) is 0 Å². The van der Waals surface area contributed by atoms with Crippen molar-refractivity contribution in [3.8, 4) is 5.75 Å². The van der Waals surface area contributed by atoms with Gasteiger partial charge in [-0.25, -0.2) is 0 Å². The fraction of sp³-hybridized carbons (Fsp3) is 0.348. The molecule has 2 aromatic carbocycles. The van der Waals surface area contributed by atoms with Gasteiger partial charge in [-0.05, 0) is 36.8 Å². The van der Waals surface area contributed by atoms with Crippen LogP contribution < -0.4 is 10.1 Å². The first-order chi connectivity index (χ1) is 13.7. The Balaban J connectivity index is 1.37. The van der Waals surface area contributed by atoms with Crippen LogP contribution in [0.15, 0.2) is 60.7 Å². The number of nitrogens with one attached hydrogen (secondary N) is 1. The molecular weight excluding hydrogens is 350 g/mol. The van der Waals surface area contributed by atoms with Gasteiger partial charge in [0.15, 0.2) is 0 Å². The molecule has 1 saturated heterocycles. The molecule has 0 spiro atoms. The highest BCUT2D eigenvalue weighted by atomic mass is 16.5. The van der Waals surface area contributed by atoms with E-state index in [9.17, 15) is 4.79 Å². The highest BCUT2D eigenvalue weighted by Gasteiger charge is 2.20. The van der Waals surface area contributed by atoms with Gasteiger partial charge >= 0.3 is 0 Å². The maximum absolute atomic E-state index is 12.5. The second kappa shape index (κ2) is 10.5. The average molecular weight is 380 g/mol. The lowest BCUT2D eigenvalue weighted by Gasteiger charge is -2.34. The first kappa shape index (κ1) is 20.0. The van der Waals surface area contributed by atoms with E-state index in [4.69, 9.17) is 4.74 Å². The van der Waals surface area contributed by atoms with E-state index in [0.717, 1.165) is 44.2 Å². The molecule has 0 atom stereocenters. The van der Waals surface area contributed by atoms with Gasteiger partial charge in [0, 0.05) is 38.4 Å². The van der Waals surface area contributed by atoms with Gasteiger partial charge in [0.05, 0.1) is 13.2 Å².